The third kappa shape index (κ3) is 3.14. The van der Waals surface area contributed by atoms with E-state index in [2.05, 4.69) is 5.32 Å². The first-order chi connectivity index (χ1) is 7.65. The molecular formula is C12H14ClNO2. The summed E-state index contributed by atoms with van der Waals surface area (Å²) in [5, 5.41) is 3.55. The molecular weight excluding hydrogens is 226 g/mol. The van der Waals surface area contributed by atoms with E-state index in [4.69, 9.17) is 16.3 Å². The van der Waals surface area contributed by atoms with Gasteiger partial charge in [0.25, 0.3) is 5.91 Å². The number of hydrogen-bond acceptors (Lipinski definition) is 2. The van der Waals surface area contributed by atoms with E-state index in [9.17, 15) is 4.79 Å². The Balaban J connectivity index is 1.87. The van der Waals surface area contributed by atoms with Crippen molar-refractivity contribution < 1.29 is 9.53 Å². The molecule has 1 aliphatic carbocycles. The lowest BCUT2D eigenvalue weighted by atomic mass is 10.3. The lowest BCUT2D eigenvalue weighted by Crippen LogP contribution is -2.37. The van der Waals surface area contributed by atoms with Crippen LogP contribution in [0.1, 0.15) is 19.8 Å². The number of carbonyl (C=O) groups is 1. The molecule has 1 fully saturated rings. The van der Waals surface area contributed by atoms with Gasteiger partial charge in [0.2, 0.25) is 0 Å². The number of amides is 1. The Hall–Kier alpha value is -1.22. The highest BCUT2D eigenvalue weighted by Crippen LogP contribution is 2.20. The van der Waals surface area contributed by atoms with Gasteiger partial charge in [-0.25, -0.2) is 0 Å². The number of halogens is 1. The van der Waals surface area contributed by atoms with Crippen LogP contribution >= 0.6 is 11.6 Å². The summed E-state index contributed by atoms with van der Waals surface area (Å²) in [7, 11) is 0. The molecule has 1 aliphatic rings. The monoisotopic (exact) mass is 239 g/mol. The van der Waals surface area contributed by atoms with Gasteiger partial charge in [-0.15, -0.1) is 0 Å². The average Bonchev–Trinajstić information content (AvgIpc) is 3.05. The summed E-state index contributed by atoms with van der Waals surface area (Å²) >= 11 is 5.75. The van der Waals surface area contributed by atoms with Crippen molar-refractivity contribution in [2.45, 2.75) is 31.9 Å². The van der Waals surface area contributed by atoms with Crippen LogP contribution in [0.4, 0.5) is 0 Å². The maximum absolute atomic E-state index is 11.6. The van der Waals surface area contributed by atoms with Crippen LogP contribution in [-0.2, 0) is 4.79 Å². The summed E-state index contributed by atoms with van der Waals surface area (Å²) in [6, 6.07) is 7.35. The average molecular weight is 240 g/mol. The summed E-state index contributed by atoms with van der Waals surface area (Å²) in [5.41, 5.74) is 0. The van der Waals surface area contributed by atoms with E-state index >= 15 is 0 Å². The maximum Gasteiger partial charge on any atom is 0.260 e. The molecule has 0 bridgehead atoms. The van der Waals surface area contributed by atoms with Crippen LogP contribution in [0.15, 0.2) is 24.3 Å². The molecule has 0 aromatic heterocycles. The normalized spacial score (nSPS) is 16.6. The van der Waals surface area contributed by atoms with Crippen molar-refractivity contribution in [3.63, 3.8) is 0 Å². The van der Waals surface area contributed by atoms with Gasteiger partial charge in [-0.1, -0.05) is 11.6 Å². The molecule has 2 rings (SSSR count). The van der Waals surface area contributed by atoms with Crippen molar-refractivity contribution in [2.24, 2.45) is 0 Å². The molecule has 1 N–H and O–H groups in total. The number of hydrogen-bond donors (Lipinski definition) is 1. The number of carbonyl (C=O) groups excluding carboxylic acids is 1. The Morgan fingerprint density at radius 3 is 2.62 bits per heavy atom. The molecule has 0 saturated heterocycles. The second-order valence-electron chi connectivity index (χ2n) is 4.00. The van der Waals surface area contributed by atoms with Crippen molar-refractivity contribution in [3.8, 4) is 5.75 Å². The molecule has 1 saturated carbocycles. The molecule has 0 radical (unpaired) electrons. The second kappa shape index (κ2) is 4.74. The van der Waals surface area contributed by atoms with Gasteiger partial charge in [0.1, 0.15) is 5.75 Å². The smallest absolute Gasteiger partial charge is 0.260 e. The minimum absolute atomic E-state index is 0.0579. The zero-order valence-corrected chi connectivity index (χ0v) is 9.83. The number of rotatable bonds is 4. The van der Waals surface area contributed by atoms with Crippen LogP contribution in [0.2, 0.25) is 5.02 Å². The van der Waals surface area contributed by atoms with Crippen molar-refractivity contribution >= 4 is 17.5 Å². The maximum atomic E-state index is 11.6. The molecule has 0 heterocycles. The standard InChI is InChI=1S/C12H14ClNO2/c1-8(12(15)14-10-4-5-10)16-11-6-2-9(13)3-7-11/h2-3,6-8,10H,4-5H2,1H3,(H,14,15). The number of ether oxygens (including phenoxy) is 1. The largest absolute Gasteiger partial charge is 0.481 e. The molecule has 1 aromatic carbocycles. The summed E-state index contributed by atoms with van der Waals surface area (Å²) in [6.45, 7) is 1.74. The number of nitrogens with one attached hydrogen (secondary N) is 1. The summed E-state index contributed by atoms with van der Waals surface area (Å²) in [5.74, 6) is 0.597. The van der Waals surface area contributed by atoms with Crippen LogP contribution in [-0.4, -0.2) is 18.1 Å². The molecule has 86 valence electrons. The Bertz CT molecular complexity index is 373. The first-order valence-corrected chi connectivity index (χ1v) is 5.75. The van der Waals surface area contributed by atoms with E-state index in [1.807, 2.05) is 0 Å². The lowest BCUT2D eigenvalue weighted by molar-refractivity contribution is -0.127. The van der Waals surface area contributed by atoms with Crippen molar-refractivity contribution in [3.05, 3.63) is 29.3 Å². The summed E-state index contributed by atoms with van der Waals surface area (Å²) in [6.07, 6.45) is 1.69. The third-order valence-electron chi connectivity index (χ3n) is 2.42. The highest BCUT2D eigenvalue weighted by molar-refractivity contribution is 6.30. The fourth-order valence-corrected chi connectivity index (χ4v) is 1.44. The minimum atomic E-state index is -0.471. The minimum Gasteiger partial charge on any atom is -0.481 e. The molecule has 0 aliphatic heterocycles. The lowest BCUT2D eigenvalue weighted by Gasteiger charge is -2.14. The van der Waals surface area contributed by atoms with Crippen LogP contribution in [0.25, 0.3) is 0 Å². The Kier molecular flexibility index (Phi) is 3.34. The Morgan fingerprint density at radius 2 is 2.06 bits per heavy atom. The van der Waals surface area contributed by atoms with Crippen molar-refractivity contribution in [1.82, 2.24) is 5.32 Å². The molecule has 1 aromatic rings. The van der Waals surface area contributed by atoms with Crippen molar-refractivity contribution in [2.75, 3.05) is 0 Å². The molecule has 3 nitrogen and oxygen atoms in total. The van der Waals surface area contributed by atoms with Gasteiger partial charge >= 0.3 is 0 Å². The third-order valence-corrected chi connectivity index (χ3v) is 2.67. The second-order valence-corrected chi connectivity index (χ2v) is 4.43. The topological polar surface area (TPSA) is 38.3 Å². The summed E-state index contributed by atoms with van der Waals surface area (Å²) in [4.78, 5) is 11.6. The molecule has 4 heteroatoms. The van der Waals surface area contributed by atoms with Gasteiger partial charge in [-0.3, -0.25) is 4.79 Å². The predicted octanol–water partition coefficient (Wildman–Crippen LogP) is 2.39. The van der Waals surface area contributed by atoms with Gasteiger partial charge in [-0.05, 0) is 44.0 Å². The van der Waals surface area contributed by atoms with Gasteiger partial charge in [0.15, 0.2) is 6.10 Å². The van der Waals surface area contributed by atoms with E-state index in [0.717, 1.165) is 12.8 Å². The first-order valence-electron chi connectivity index (χ1n) is 5.38. The Labute approximate surface area is 99.7 Å². The van der Waals surface area contributed by atoms with Crippen LogP contribution < -0.4 is 10.1 Å². The van der Waals surface area contributed by atoms with Crippen LogP contribution in [0, 0.1) is 0 Å². The van der Waals surface area contributed by atoms with Gasteiger partial charge in [0.05, 0.1) is 0 Å². The molecule has 1 amide bonds. The van der Waals surface area contributed by atoms with E-state index < -0.39 is 6.10 Å². The molecule has 16 heavy (non-hydrogen) atoms. The van der Waals surface area contributed by atoms with Crippen LogP contribution in [0.5, 0.6) is 5.75 Å². The van der Waals surface area contributed by atoms with Crippen LogP contribution in [0.3, 0.4) is 0 Å². The zero-order chi connectivity index (χ0) is 11.5. The van der Waals surface area contributed by atoms with Gasteiger partial charge in [0, 0.05) is 11.1 Å². The van der Waals surface area contributed by atoms with E-state index in [-0.39, 0.29) is 5.91 Å². The predicted molar refractivity (Wildman–Crippen MR) is 62.7 cm³/mol. The van der Waals surface area contributed by atoms with E-state index in [1.165, 1.54) is 0 Å². The highest BCUT2D eigenvalue weighted by Gasteiger charge is 2.26. The van der Waals surface area contributed by atoms with Crippen molar-refractivity contribution in [1.29, 1.82) is 0 Å². The summed E-state index contributed by atoms with van der Waals surface area (Å²) < 4.78 is 5.49. The zero-order valence-electron chi connectivity index (χ0n) is 9.07. The highest BCUT2D eigenvalue weighted by atomic mass is 35.5. The molecule has 0 spiro atoms. The number of benzene rings is 1. The molecule has 1 atom stereocenters. The van der Waals surface area contributed by atoms with Gasteiger partial charge < -0.3 is 10.1 Å². The van der Waals surface area contributed by atoms with E-state index in [0.29, 0.717) is 16.8 Å². The first kappa shape index (κ1) is 11.3. The molecule has 1 unspecified atom stereocenters. The fourth-order valence-electron chi connectivity index (χ4n) is 1.32. The quantitative estimate of drug-likeness (QED) is 0.876. The van der Waals surface area contributed by atoms with E-state index in [1.54, 1.807) is 31.2 Å². The Morgan fingerprint density at radius 1 is 1.44 bits per heavy atom. The SMILES string of the molecule is CC(Oc1ccc(Cl)cc1)C(=O)NC1CC1. The fraction of sp³-hybridized carbons (Fsp3) is 0.417. The van der Waals surface area contributed by atoms with Gasteiger partial charge in [-0.2, -0.15) is 0 Å².